The number of esters is 2. The van der Waals surface area contributed by atoms with Gasteiger partial charge in [-0.2, -0.15) is 0 Å². The molecule has 0 spiro atoms. The maximum atomic E-state index is 12.6. The van der Waals surface area contributed by atoms with Gasteiger partial charge in [0.25, 0.3) is 5.91 Å². The minimum absolute atomic E-state index is 0.124. The molecule has 0 radical (unpaired) electrons. The monoisotopic (exact) mass is 411 g/mol. The van der Waals surface area contributed by atoms with E-state index in [2.05, 4.69) is 11.4 Å². The molecule has 1 aliphatic carbocycles. The number of methoxy groups -OCH3 is 2. The van der Waals surface area contributed by atoms with E-state index >= 15 is 0 Å². The van der Waals surface area contributed by atoms with E-state index in [1.54, 1.807) is 6.92 Å². The zero-order valence-corrected chi connectivity index (χ0v) is 17.3. The van der Waals surface area contributed by atoms with Crippen molar-refractivity contribution in [2.24, 2.45) is 0 Å². The summed E-state index contributed by atoms with van der Waals surface area (Å²) in [5.74, 6) is -1.04. The third kappa shape index (κ3) is 4.97. The lowest BCUT2D eigenvalue weighted by atomic mass is 9.92. The predicted molar refractivity (Wildman–Crippen MR) is 111 cm³/mol. The summed E-state index contributed by atoms with van der Waals surface area (Å²) in [4.78, 5) is 36.4. The van der Waals surface area contributed by atoms with E-state index in [1.165, 1.54) is 50.0 Å². The number of benzene rings is 2. The van der Waals surface area contributed by atoms with Crippen LogP contribution in [0.25, 0.3) is 0 Å². The van der Waals surface area contributed by atoms with Gasteiger partial charge in [0.2, 0.25) is 0 Å². The molecule has 7 nitrogen and oxygen atoms in total. The number of hydrogen-bond acceptors (Lipinski definition) is 6. The van der Waals surface area contributed by atoms with E-state index in [0.29, 0.717) is 5.75 Å². The first-order valence-electron chi connectivity index (χ1n) is 9.82. The van der Waals surface area contributed by atoms with E-state index in [4.69, 9.17) is 14.2 Å². The van der Waals surface area contributed by atoms with Crippen molar-refractivity contribution >= 4 is 23.5 Å². The summed E-state index contributed by atoms with van der Waals surface area (Å²) in [7, 11) is 2.47. The molecule has 7 heteroatoms. The minimum Gasteiger partial charge on any atom is -0.481 e. The van der Waals surface area contributed by atoms with E-state index in [-0.39, 0.29) is 16.8 Å². The lowest BCUT2D eigenvalue weighted by Crippen LogP contribution is -2.30. The number of rotatable bonds is 6. The second kappa shape index (κ2) is 9.43. The van der Waals surface area contributed by atoms with Crippen molar-refractivity contribution < 1.29 is 28.6 Å². The second-order valence-electron chi connectivity index (χ2n) is 7.17. The lowest BCUT2D eigenvalue weighted by molar-refractivity contribution is -0.122. The molecule has 0 saturated heterocycles. The second-order valence-corrected chi connectivity index (χ2v) is 7.17. The van der Waals surface area contributed by atoms with Gasteiger partial charge in [-0.3, -0.25) is 4.79 Å². The third-order valence-corrected chi connectivity index (χ3v) is 5.04. The highest BCUT2D eigenvalue weighted by atomic mass is 16.5. The van der Waals surface area contributed by atoms with Crippen molar-refractivity contribution in [2.45, 2.75) is 38.7 Å². The van der Waals surface area contributed by atoms with Gasteiger partial charge in [-0.1, -0.05) is 6.07 Å². The van der Waals surface area contributed by atoms with Crippen LogP contribution in [0.4, 0.5) is 5.69 Å². The maximum absolute atomic E-state index is 12.6. The van der Waals surface area contributed by atoms with E-state index in [9.17, 15) is 14.4 Å². The number of amides is 1. The van der Waals surface area contributed by atoms with Crippen LogP contribution in [0.15, 0.2) is 36.4 Å². The van der Waals surface area contributed by atoms with Gasteiger partial charge in [0, 0.05) is 5.69 Å². The molecule has 0 heterocycles. The number of nitrogens with one attached hydrogen (secondary N) is 1. The Kier molecular flexibility index (Phi) is 6.72. The van der Waals surface area contributed by atoms with Crippen LogP contribution in [0.5, 0.6) is 5.75 Å². The van der Waals surface area contributed by atoms with Crippen LogP contribution in [0, 0.1) is 0 Å². The normalized spacial score (nSPS) is 13.6. The van der Waals surface area contributed by atoms with Crippen molar-refractivity contribution in [3.8, 4) is 5.75 Å². The number of hydrogen-bond donors (Lipinski definition) is 1. The zero-order valence-electron chi connectivity index (χ0n) is 17.3. The summed E-state index contributed by atoms with van der Waals surface area (Å²) in [6.45, 7) is 1.64. The SMILES string of the molecule is COC(=O)c1cc(NC(=O)[C@@H](C)Oc2ccc3c(c2)CCCC3)cc(C(=O)OC)c1. The largest absolute Gasteiger partial charge is 0.481 e. The fourth-order valence-electron chi connectivity index (χ4n) is 3.46. The van der Waals surface area contributed by atoms with Crippen molar-refractivity contribution in [3.63, 3.8) is 0 Å². The van der Waals surface area contributed by atoms with Crippen LogP contribution < -0.4 is 10.1 Å². The summed E-state index contributed by atoms with van der Waals surface area (Å²) in [5, 5.41) is 2.68. The molecule has 1 atom stereocenters. The van der Waals surface area contributed by atoms with Gasteiger partial charge < -0.3 is 19.5 Å². The van der Waals surface area contributed by atoms with Crippen LogP contribution >= 0.6 is 0 Å². The molecule has 0 aliphatic heterocycles. The number of aryl methyl sites for hydroxylation is 2. The fraction of sp³-hybridized carbons (Fsp3) is 0.348. The molecule has 0 saturated carbocycles. The van der Waals surface area contributed by atoms with Crippen molar-refractivity contribution in [1.82, 2.24) is 0 Å². The van der Waals surface area contributed by atoms with Crippen LogP contribution in [-0.4, -0.2) is 38.2 Å². The Hall–Kier alpha value is -3.35. The molecule has 1 N–H and O–H groups in total. The molecular weight excluding hydrogens is 386 g/mol. The Morgan fingerprint density at radius 3 is 2.07 bits per heavy atom. The van der Waals surface area contributed by atoms with Gasteiger partial charge in [0.15, 0.2) is 6.10 Å². The van der Waals surface area contributed by atoms with Crippen LogP contribution in [0.2, 0.25) is 0 Å². The molecule has 0 aromatic heterocycles. The number of fused-ring (bicyclic) bond motifs is 1. The molecule has 0 bridgehead atoms. The molecule has 158 valence electrons. The Bertz CT molecular complexity index is 934. The molecule has 1 amide bonds. The predicted octanol–water partition coefficient (Wildman–Crippen LogP) is 3.54. The Morgan fingerprint density at radius 1 is 0.867 bits per heavy atom. The van der Waals surface area contributed by atoms with Crippen molar-refractivity contribution in [1.29, 1.82) is 0 Å². The van der Waals surface area contributed by atoms with Crippen LogP contribution in [-0.2, 0) is 27.1 Å². The van der Waals surface area contributed by atoms with Gasteiger partial charge in [0.05, 0.1) is 25.3 Å². The highest BCUT2D eigenvalue weighted by molar-refractivity contribution is 6.00. The Balaban J connectivity index is 1.74. The molecule has 2 aromatic rings. The van der Waals surface area contributed by atoms with Gasteiger partial charge in [-0.15, -0.1) is 0 Å². The molecule has 2 aromatic carbocycles. The molecule has 0 fully saturated rings. The first kappa shape index (κ1) is 21.4. The smallest absolute Gasteiger partial charge is 0.337 e. The van der Waals surface area contributed by atoms with Gasteiger partial charge in [0.1, 0.15) is 5.75 Å². The highest BCUT2D eigenvalue weighted by Crippen LogP contribution is 2.26. The van der Waals surface area contributed by atoms with Gasteiger partial charge in [-0.05, 0) is 74.1 Å². The third-order valence-electron chi connectivity index (χ3n) is 5.04. The number of anilines is 1. The van der Waals surface area contributed by atoms with Crippen molar-refractivity contribution in [3.05, 3.63) is 58.7 Å². The summed E-state index contributed by atoms with van der Waals surface area (Å²) in [6.07, 6.45) is 3.67. The molecule has 30 heavy (non-hydrogen) atoms. The maximum Gasteiger partial charge on any atom is 0.337 e. The first-order valence-corrected chi connectivity index (χ1v) is 9.82. The summed E-state index contributed by atoms with van der Waals surface area (Å²) in [6, 6.07) is 10.1. The highest BCUT2D eigenvalue weighted by Gasteiger charge is 2.19. The molecule has 0 unspecified atom stereocenters. The fourth-order valence-corrected chi connectivity index (χ4v) is 3.46. The van der Waals surface area contributed by atoms with E-state index < -0.39 is 23.9 Å². The molecule has 3 rings (SSSR count). The van der Waals surface area contributed by atoms with Gasteiger partial charge in [-0.25, -0.2) is 9.59 Å². The zero-order chi connectivity index (χ0) is 21.7. The number of carbonyl (C=O) groups excluding carboxylic acids is 3. The first-order chi connectivity index (χ1) is 14.4. The average Bonchev–Trinajstić information content (AvgIpc) is 2.77. The van der Waals surface area contributed by atoms with Gasteiger partial charge >= 0.3 is 11.9 Å². The Labute approximate surface area is 175 Å². The summed E-state index contributed by atoms with van der Waals surface area (Å²) < 4.78 is 15.2. The Morgan fingerprint density at radius 2 is 1.47 bits per heavy atom. The quantitative estimate of drug-likeness (QED) is 0.731. The van der Waals surface area contributed by atoms with Crippen LogP contribution in [0.3, 0.4) is 0 Å². The molecular formula is C23H25NO6. The number of carbonyl (C=O) groups is 3. The number of ether oxygens (including phenoxy) is 3. The van der Waals surface area contributed by atoms with E-state index in [0.717, 1.165) is 19.3 Å². The lowest BCUT2D eigenvalue weighted by Gasteiger charge is -2.19. The van der Waals surface area contributed by atoms with Crippen molar-refractivity contribution in [2.75, 3.05) is 19.5 Å². The van der Waals surface area contributed by atoms with Crippen LogP contribution in [0.1, 0.15) is 51.6 Å². The summed E-state index contributed by atoms with van der Waals surface area (Å²) >= 11 is 0. The van der Waals surface area contributed by atoms with E-state index in [1.807, 2.05) is 12.1 Å². The molecule has 1 aliphatic rings. The minimum atomic E-state index is -0.782. The summed E-state index contributed by atoms with van der Waals surface area (Å²) in [5.41, 5.74) is 3.11. The topological polar surface area (TPSA) is 90.9 Å². The average molecular weight is 411 g/mol. The standard InChI is InChI=1S/C23H25NO6/c1-14(30-20-9-8-15-6-4-5-7-16(15)13-20)21(25)24-19-11-17(22(26)28-2)10-18(12-19)23(27)29-3/h8-14H,4-7H2,1-3H3,(H,24,25)/t14-/m1/s1.